The molecule has 1 fully saturated rings. The van der Waals surface area contributed by atoms with Crippen molar-refractivity contribution in [1.82, 2.24) is 4.90 Å². The third kappa shape index (κ3) is 5.50. The number of rotatable bonds is 5. The SMILES string of the molecule is Cc1cc(C)c(OCCCN2CCCC(O)C2)c(C)c1.Cl. The molecule has 0 spiro atoms. The Morgan fingerprint density at radius 1 is 1.24 bits per heavy atom. The van der Waals surface area contributed by atoms with E-state index in [0.717, 1.165) is 51.3 Å². The van der Waals surface area contributed by atoms with E-state index in [2.05, 4.69) is 37.8 Å². The molecule has 0 aliphatic carbocycles. The highest BCUT2D eigenvalue weighted by Crippen LogP contribution is 2.24. The molecule has 0 bridgehead atoms. The lowest BCUT2D eigenvalue weighted by atomic mass is 10.1. The fourth-order valence-corrected chi connectivity index (χ4v) is 3.09. The molecule has 1 N–H and O–H groups in total. The fourth-order valence-electron chi connectivity index (χ4n) is 3.09. The van der Waals surface area contributed by atoms with Gasteiger partial charge in [-0.2, -0.15) is 0 Å². The zero-order chi connectivity index (χ0) is 14.5. The molecule has 1 unspecified atom stereocenters. The number of β-amino-alcohol motifs (C(OH)–C–C–N with tert-alkyl or cyclic N) is 1. The van der Waals surface area contributed by atoms with Gasteiger partial charge in [0.2, 0.25) is 0 Å². The van der Waals surface area contributed by atoms with Crippen LogP contribution in [0.25, 0.3) is 0 Å². The summed E-state index contributed by atoms with van der Waals surface area (Å²) in [5, 5.41) is 9.64. The monoisotopic (exact) mass is 313 g/mol. The number of ether oxygens (including phenoxy) is 1. The van der Waals surface area contributed by atoms with Gasteiger partial charge in [0, 0.05) is 13.1 Å². The van der Waals surface area contributed by atoms with E-state index >= 15 is 0 Å². The van der Waals surface area contributed by atoms with Crippen molar-refractivity contribution < 1.29 is 9.84 Å². The van der Waals surface area contributed by atoms with Gasteiger partial charge in [0.05, 0.1) is 12.7 Å². The molecule has 2 rings (SSSR count). The molecule has 0 radical (unpaired) electrons. The predicted octanol–water partition coefficient (Wildman–Crippen LogP) is 3.26. The van der Waals surface area contributed by atoms with Crippen LogP contribution in [0.15, 0.2) is 12.1 Å². The summed E-state index contributed by atoms with van der Waals surface area (Å²) in [7, 11) is 0. The molecule has 1 aromatic carbocycles. The van der Waals surface area contributed by atoms with Crippen LogP contribution in [0.3, 0.4) is 0 Å². The summed E-state index contributed by atoms with van der Waals surface area (Å²) in [6.45, 7) is 10.0. The van der Waals surface area contributed by atoms with Crippen molar-refractivity contribution in [3.8, 4) is 5.75 Å². The van der Waals surface area contributed by atoms with Crippen molar-refractivity contribution in [2.24, 2.45) is 0 Å². The highest BCUT2D eigenvalue weighted by Gasteiger charge is 2.16. The topological polar surface area (TPSA) is 32.7 Å². The predicted molar refractivity (Wildman–Crippen MR) is 89.7 cm³/mol. The van der Waals surface area contributed by atoms with E-state index in [1.807, 2.05) is 0 Å². The number of aliphatic hydroxyl groups is 1. The number of piperidine rings is 1. The molecule has 1 aliphatic heterocycles. The minimum atomic E-state index is -0.133. The Balaban J connectivity index is 0.00000220. The second-order valence-corrected chi connectivity index (χ2v) is 6.03. The second kappa shape index (κ2) is 8.62. The Morgan fingerprint density at radius 2 is 1.90 bits per heavy atom. The molecule has 3 nitrogen and oxygen atoms in total. The Kier molecular flexibility index (Phi) is 7.50. The maximum Gasteiger partial charge on any atom is 0.125 e. The molecule has 21 heavy (non-hydrogen) atoms. The molecular weight excluding hydrogens is 286 g/mol. The highest BCUT2D eigenvalue weighted by molar-refractivity contribution is 5.85. The minimum Gasteiger partial charge on any atom is -0.493 e. The number of benzene rings is 1. The molecule has 120 valence electrons. The molecule has 0 saturated carbocycles. The summed E-state index contributed by atoms with van der Waals surface area (Å²) in [6, 6.07) is 4.34. The van der Waals surface area contributed by atoms with Crippen LogP contribution in [0, 0.1) is 20.8 Å². The number of halogens is 1. The number of likely N-dealkylation sites (tertiary alicyclic amines) is 1. The molecule has 1 heterocycles. The van der Waals surface area contributed by atoms with Crippen LogP contribution < -0.4 is 4.74 Å². The lowest BCUT2D eigenvalue weighted by Crippen LogP contribution is -2.39. The van der Waals surface area contributed by atoms with Crippen molar-refractivity contribution in [3.05, 3.63) is 28.8 Å². The van der Waals surface area contributed by atoms with E-state index in [0.29, 0.717) is 0 Å². The minimum absolute atomic E-state index is 0. The summed E-state index contributed by atoms with van der Waals surface area (Å²) in [5.41, 5.74) is 3.72. The molecule has 0 amide bonds. The van der Waals surface area contributed by atoms with Gasteiger partial charge in [-0.1, -0.05) is 17.7 Å². The fraction of sp³-hybridized carbons (Fsp3) is 0.647. The van der Waals surface area contributed by atoms with E-state index in [1.165, 1.54) is 16.7 Å². The third-order valence-electron chi connectivity index (χ3n) is 3.95. The first-order valence-corrected chi connectivity index (χ1v) is 7.67. The van der Waals surface area contributed by atoms with E-state index in [-0.39, 0.29) is 18.5 Å². The van der Waals surface area contributed by atoms with Gasteiger partial charge in [-0.15, -0.1) is 12.4 Å². The number of hydrogen-bond donors (Lipinski definition) is 1. The summed E-state index contributed by atoms with van der Waals surface area (Å²) >= 11 is 0. The van der Waals surface area contributed by atoms with Crippen molar-refractivity contribution in [3.63, 3.8) is 0 Å². The molecule has 1 aromatic rings. The maximum atomic E-state index is 9.64. The standard InChI is InChI=1S/C17H27NO2.ClH/c1-13-10-14(2)17(15(3)11-13)20-9-5-8-18-7-4-6-16(19)12-18;/h10-11,16,19H,4-9,12H2,1-3H3;1H. The van der Waals surface area contributed by atoms with Crippen molar-refractivity contribution in [2.75, 3.05) is 26.2 Å². The molecule has 4 heteroatoms. The first-order valence-electron chi connectivity index (χ1n) is 7.67. The van der Waals surface area contributed by atoms with E-state index in [4.69, 9.17) is 4.74 Å². The normalized spacial score (nSPS) is 19.1. The van der Waals surface area contributed by atoms with Gasteiger partial charge in [-0.3, -0.25) is 0 Å². The lowest BCUT2D eigenvalue weighted by molar-refractivity contribution is 0.0678. The van der Waals surface area contributed by atoms with Gasteiger partial charge in [0.1, 0.15) is 5.75 Å². The largest absolute Gasteiger partial charge is 0.493 e. The summed E-state index contributed by atoms with van der Waals surface area (Å²) < 4.78 is 5.95. The zero-order valence-corrected chi connectivity index (χ0v) is 14.2. The van der Waals surface area contributed by atoms with E-state index in [1.54, 1.807) is 0 Å². The summed E-state index contributed by atoms with van der Waals surface area (Å²) in [6.07, 6.45) is 2.94. The van der Waals surface area contributed by atoms with Crippen molar-refractivity contribution in [1.29, 1.82) is 0 Å². The van der Waals surface area contributed by atoms with Gasteiger partial charge in [0.15, 0.2) is 0 Å². The molecule has 1 atom stereocenters. The summed E-state index contributed by atoms with van der Waals surface area (Å²) in [4.78, 5) is 2.34. The molecule has 0 aromatic heterocycles. The average Bonchev–Trinajstić information content (AvgIpc) is 2.36. The average molecular weight is 314 g/mol. The number of nitrogens with zero attached hydrogens (tertiary/aromatic N) is 1. The van der Waals surface area contributed by atoms with Gasteiger partial charge in [0.25, 0.3) is 0 Å². The van der Waals surface area contributed by atoms with Crippen LogP contribution in [0.5, 0.6) is 5.75 Å². The van der Waals surface area contributed by atoms with Gasteiger partial charge in [-0.05, 0) is 57.7 Å². The van der Waals surface area contributed by atoms with Crippen LogP contribution >= 0.6 is 12.4 Å². The van der Waals surface area contributed by atoms with Crippen molar-refractivity contribution >= 4 is 12.4 Å². The highest BCUT2D eigenvalue weighted by atomic mass is 35.5. The maximum absolute atomic E-state index is 9.64. The Morgan fingerprint density at radius 3 is 2.52 bits per heavy atom. The molecule has 1 aliphatic rings. The van der Waals surface area contributed by atoms with Crippen LogP contribution in [-0.2, 0) is 0 Å². The quantitative estimate of drug-likeness (QED) is 0.847. The van der Waals surface area contributed by atoms with E-state index < -0.39 is 0 Å². The third-order valence-corrected chi connectivity index (χ3v) is 3.95. The lowest BCUT2D eigenvalue weighted by Gasteiger charge is -2.29. The second-order valence-electron chi connectivity index (χ2n) is 6.03. The van der Waals surface area contributed by atoms with Crippen LogP contribution in [0.4, 0.5) is 0 Å². The van der Waals surface area contributed by atoms with Crippen LogP contribution in [-0.4, -0.2) is 42.4 Å². The Hall–Kier alpha value is -0.770. The molecule has 1 saturated heterocycles. The Bertz CT molecular complexity index is 427. The smallest absolute Gasteiger partial charge is 0.125 e. The van der Waals surface area contributed by atoms with Gasteiger partial charge in [-0.25, -0.2) is 0 Å². The zero-order valence-electron chi connectivity index (χ0n) is 13.4. The van der Waals surface area contributed by atoms with Crippen molar-refractivity contribution in [2.45, 2.75) is 46.1 Å². The van der Waals surface area contributed by atoms with Crippen LogP contribution in [0.1, 0.15) is 36.0 Å². The summed E-state index contributed by atoms with van der Waals surface area (Å²) in [5.74, 6) is 1.04. The molecular formula is C17H28ClNO2. The van der Waals surface area contributed by atoms with Gasteiger partial charge >= 0.3 is 0 Å². The number of aryl methyl sites for hydroxylation is 3. The first kappa shape index (κ1) is 18.3. The number of hydrogen-bond acceptors (Lipinski definition) is 3. The van der Waals surface area contributed by atoms with E-state index in [9.17, 15) is 5.11 Å². The first-order chi connectivity index (χ1) is 9.56. The van der Waals surface area contributed by atoms with Crippen LogP contribution in [0.2, 0.25) is 0 Å². The number of aliphatic hydroxyl groups excluding tert-OH is 1. The van der Waals surface area contributed by atoms with Gasteiger partial charge < -0.3 is 14.7 Å². The Labute approximate surface area is 134 Å².